The SMILES string of the molecule is CCNC(=NCCN(C(C)C)C1CC1)N1CCC2(CCC2)C1.I. The van der Waals surface area contributed by atoms with Gasteiger partial charge in [-0.25, -0.2) is 0 Å². The summed E-state index contributed by atoms with van der Waals surface area (Å²) in [6, 6.07) is 1.48. The molecule has 1 spiro atoms. The van der Waals surface area contributed by atoms with Crippen molar-refractivity contribution in [1.82, 2.24) is 15.1 Å². The number of nitrogens with one attached hydrogen (secondary N) is 1. The molecule has 5 heteroatoms. The van der Waals surface area contributed by atoms with Crippen LogP contribution in [-0.2, 0) is 0 Å². The summed E-state index contributed by atoms with van der Waals surface area (Å²) in [6.45, 7) is 12.2. The van der Waals surface area contributed by atoms with Crippen molar-refractivity contribution in [2.24, 2.45) is 10.4 Å². The lowest BCUT2D eigenvalue weighted by Gasteiger charge is -2.38. The van der Waals surface area contributed by atoms with Crippen LogP contribution >= 0.6 is 24.0 Å². The fourth-order valence-electron chi connectivity index (χ4n) is 4.17. The zero-order chi connectivity index (χ0) is 15.6. The molecule has 0 aromatic heterocycles. The molecule has 2 saturated carbocycles. The zero-order valence-electron chi connectivity index (χ0n) is 15.2. The minimum absolute atomic E-state index is 0. The molecule has 2 aliphatic carbocycles. The number of aliphatic imine (C=N–C) groups is 1. The quantitative estimate of drug-likeness (QED) is 0.395. The van der Waals surface area contributed by atoms with Crippen molar-refractivity contribution in [3.8, 4) is 0 Å². The Balaban J connectivity index is 0.00000192. The molecule has 1 saturated heterocycles. The van der Waals surface area contributed by atoms with E-state index in [9.17, 15) is 0 Å². The minimum Gasteiger partial charge on any atom is -0.357 e. The lowest BCUT2D eigenvalue weighted by atomic mass is 9.68. The first-order valence-corrected chi connectivity index (χ1v) is 9.42. The third kappa shape index (κ3) is 4.74. The predicted molar refractivity (Wildman–Crippen MR) is 109 cm³/mol. The number of halogens is 1. The summed E-state index contributed by atoms with van der Waals surface area (Å²) in [4.78, 5) is 10.1. The van der Waals surface area contributed by atoms with E-state index in [1.165, 1.54) is 51.6 Å². The van der Waals surface area contributed by atoms with Crippen molar-refractivity contribution in [3.63, 3.8) is 0 Å². The molecule has 0 amide bonds. The summed E-state index contributed by atoms with van der Waals surface area (Å²) in [5, 5.41) is 3.52. The molecule has 1 N–H and O–H groups in total. The number of likely N-dealkylation sites (tertiary alicyclic amines) is 1. The lowest BCUT2D eigenvalue weighted by Crippen LogP contribution is -2.43. The van der Waals surface area contributed by atoms with E-state index in [0.717, 1.165) is 31.6 Å². The fraction of sp³-hybridized carbons (Fsp3) is 0.944. The molecule has 3 fully saturated rings. The van der Waals surface area contributed by atoms with Gasteiger partial charge in [-0.15, -0.1) is 24.0 Å². The van der Waals surface area contributed by atoms with Gasteiger partial charge in [-0.1, -0.05) is 6.42 Å². The number of hydrogen-bond donors (Lipinski definition) is 1. The summed E-state index contributed by atoms with van der Waals surface area (Å²) in [5.41, 5.74) is 0.647. The molecule has 0 aromatic rings. The van der Waals surface area contributed by atoms with Crippen molar-refractivity contribution in [1.29, 1.82) is 0 Å². The van der Waals surface area contributed by atoms with Crippen molar-refractivity contribution in [3.05, 3.63) is 0 Å². The van der Waals surface area contributed by atoms with Crippen molar-refractivity contribution in [2.75, 3.05) is 32.7 Å². The molecule has 0 bridgehead atoms. The summed E-state index contributed by atoms with van der Waals surface area (Å²) >= 11 is 0. The first kappa shape index (κ1) is 19.3. The van der Waals surface area contributed by atoms with E-state index in [-0.39, 0.29) is 24.0 Å². The van der Waals surface area contributed by atoms with Crippen LogP contribution in [0.15, 0.2) is 4.99 Å². The van der Waals surface area contributed by atoms with Crippen LogP contribution in [0.4, 0.5) is 0 Å². The van der Waals surface area contributed by atoms with E-state index in [4.69, 9.17) is 4.99 Å². The van der Waals surface area contributed by atoms with Crippen molar-refractivity contribution in [2.45, 2.75) is 71.4 Å². The van der Waals surface area contributed by atoms with Crippen molar-refractivity contribution >= 4 is 29.9 Å². The normalized spacial score (nSPS) is 23.3. The molecule has 0 atom stereocenters. The predicted octanol–water partition coefficient (Wildman–Crippen LogP) is 3.32. The average molecular weight is 434 g/mol. The Morgan fingerprint density at radius 3 is 2.52 bits per heavy atom. The molecule has 0 unspecified atom stereocenters. The maximum absolute atomic E-state index is 4.94. The van der Waals surface area contributed by atoms with E-state index in [0.29, 0.717) is 11.5 Å². The largest absolute Gasteiger partial charge is 0.357 e. The molecule has 134 valence electrons. The smallest absolute Gasteiger partial charge is 0.193 e. The Bertz CT molecular complexity index is 400. The summed E-state index contributed by atoms with van der Waals surface area (Å²) < 4.78 is 0. The van der Waals surface area contributed by atoms with Gasteiger partial charge in [0.1, 0.15) is 0 Å². The van der Waals surface area contributed by atoms with Crippen LogP contribution in [0, 0.1) is 5.41 Å². The summed E-state index contributed by atoms with van der Waals surface area (Å²) in [6.07, 6.45) is 8.45. The lowest BCUT2D eigenvalue weighted by molar-refractivity contribution is 0.151. The van der Waals surface area contributed by atoms with Crippen LogP contribution in [0.25, 0.3) is 0 Å². The van der Waals surface area contributed by atoms with Crippen LogP contribution in [0.1, 0.15) is 59.3 Å². The van der Waals surface area contributed by atoms with Crippen LogP contribution in [0.5, 0.6) is 0 Å². The van der Waals surface area contributed by atoms with Crippen LogP contribution in [-0.4, -0.2) is 60.6 Å². The van der Waals surface area contributed by atoms with Gasteiger partial charge in [0, 0.05) is 38.3 Å². The van der Waals surface area contributed by atoms with Gasteiger partial charge in [-0.05, 0) is 58.3 Å². The van der Waals surface area contributed by atoms with Gasteiger partial charge in [-0.2, -0.15) is 0 Å². The van der Waals surface area contributed by atoms with Crippen LogP contribution in [0.3, 0.4) is 0 Å². The second-order valence-corrected chi connectivity index (χ2v) is 7.82. The Morgan fingerprint density at radius 1 is 1.30 bits per heavy atom. The van der Waals surface area contributed by atoms with Gasteiger partial charge in [-0.3, -0.25) is 9.89 Å². The van der Waals surface area contributed by atoms with E-state index in [2.05, 4.69) is 35.9 Å². The first-order chi connectivity index (χ1) is 10.6. The van der Waals surface area contributed by atoms with Gasteiger partial charge in [0.05, 0.1) is 6.54 Å². The molecule has 1 aliphatic heterocycles. The topological polar surface area (TPSA) is 30.9 Å². The van der Waals surface area contributed by atoms with E-state index in [1.54, 1.807) is 0 Å². The maximum Gasteiger partial charge on any atom is 0.193 e. The third-order valence-electron chi connectivity index (χ3n) is 5.79. The number of nitrogens with zero attached hydrogens (tertiary/aromatic N) is 3. The van der Waals surface area contributed by atoms with Gasteiger partial charge < -0.3 is 10.2 Å². The summed E-state index contributed by atoms with van der Waals surface area (Å²) in [5.74, 6) is 1.16. The molecule has 3 rings (SSSR count). The van der Waals surface area contributed by atoms with Gasteiger partial charge >= 0.3 is 0 Å². The monoisotopic (exact) mass is 434 g/mol. The molecular formula is C18H35IN4. The van der Waals surface area contributed by atoms with E-state index < -0.39 is 0 Å². The highest BCUT2D eigenvalue weighted by Gasteiger charge is 2.43. The molecule has 0 aromatic carbocycles. The average Bonchev–Trinajstić information content (AvgIpc) is 3.17. The maximum atomic E-state index is 4.94. The van der Waals surface area contributed by atoms with E-state index >= 15 is 0 Å². The first-order valence-electron chi connectivity index (χ1n) is 9.42. The Kier molecular flexibility index (Phi) is 7.01. The highest BCUT2D eigenvalue weighted by molar-refractivity contribution is 14.0. The van der Waals surface area contributed by atoms with Crippen molar-refractivity contribution < 1.29 is 0 Å². The van der Waals surface area contributed by atoms with Gasteiger partial charge in [0.2, 0.25) is 0 Å². The van der Waals surface area contributed by atoms with Gasteiger partial charge in [0.15, 0.2) is 5.96 Å². The molecule has 1 heterocycles. The van der Waals surface area contributed by atoms with Crippen LogP contribution in [0.2, 0.25) is 0 Å². The second-order valence-electron chi connectivity index (χ2n) is 7.82. The minimum atomic E-state index is 0. The molecular weight excluding hydrogens is 399 g/mol. The van der Waals surface area contributed by atoms with Crippen LogP contribution < -0.4 is 5.32 Å². The zero-order valence-corrected chi connectivity index (χ0v) is 17.5. The third-order valence-corrected chi connectivity index (χ3v) is 5.79. The highest BCUT2D eigenvalue weighted by Crippen LogP contribution is 2.47. The molecule has 3 aliphatic rings. The Hall–Kier alpha value is -0.0400. The van der Waals surface area contributed by atoms with Gasteiger partial charge in [0.25, 0.3) is 0 Å². The number of rotatable bonds is 6. The fourth-order valence-corrected chi connectivity index (χ4v) is 4.17. The summed E-state index contributed by atoms with van der Waals surface area (Å²) in [7, 11) is 0. The highest BCUT2D eigenvalue weighted by atomic mass is 127. The molecule has 23 heavy (non-hydrogen) atoms. The molecule has 4 nitrogen and oxygen atoms in total. The Labute approximate surface area is 159 Å². The standard InChI is InChI=1S/C18H34N4.HI/c1-4-19-17(21-12-10-18(14-21)8-5-9-18)20-11-13-22(15(2)3)16-6-7-16;/h15-16H,4-14H2,1-3H3,(H,19,20);1H. The molecule has 0 radical (unpaired) electrons. The second kappa shape index (κ2) is 8.37. The number of hydrogen-bond acceptors (Lipinski definition) is 2. The number of guanidine groups is 1. The Morgan fingerprint density at radius 2 is 2.04 bits per heavy atom. The van der Waals surface area contributed by atoms with E-state index in [1.807, 2.05) is 0 Å².